The van der Waals surface area contributed by atoms with Gasteiger partial charge in [-0.2, -0.15) is 0 Å². The summed E-state index contributed by atoms with van der Waals surface area (Å²) in [6.45, 7) is 2.75. The number of rotatable bonds is 2. The number of piperidine rings is 1. The zero-order valence-corrected chi connectivity index (χ0v) is 12.0. The fourth-order valence-corrected chi connectivity index (χ4v) is 2.41. The molecule has 1 aliphatic rings. The minimum absolute atomic E-state index is 0.313. The highest BCUT2D eigenvalue weighted by Crippen LogP contribution is 2.25. The number of urea groups is 1. The minimum Gasteiger partial charge on any atom is -0.426 e. The molecular weight excluding hydrogens is 280 g/mol. The number of likely N-dealkylation sites (tertiary alicyclic amines) is 1. The number of hydrogen-bond donors (Lipinski definition) is 1. The van der Waals surface area contributed by atoms with Gasteiger partial charge in [0.25, 0.3) is 0 Å². The van der Waals surface area contributed by atoms with Crippen LogP contribution in [0, 0.1) is 12.8 Å². The monoisotopic (exact) mass is 296 g/mol. The van der Waals surface area contributed by atoms with Crippen molar-refractivity contribution in [2.24, 2.45) is 11.7 Å². The van der Waals surface area contributed by atoms with Crippen LogP contribution in [0.5, 0.6) is 5.75 Å². The van der Waals surface area contributed by atoms with Gasteiger partial charge >= 0.3 is 12.0 Å². The molecule has 20 heavy (non-hydrogen) atoms. The Bertz CT molecular complexity index is 533. The van der Waals surface area contributed by atoms with Crippen LogP contribution in [0.25, 0.3) is 0 Å². The molecule has 108 valence electrons. The third kappa shape index (κ3) is 3.42. The molecule has 5 nitrogen and oxygen atoms in total. The summed E-state index contributed by atoms with van der Waals surface area (Å²) in [5.41, 5.74) is 6.08. The van der Waals surface area contributed by atoms with E-state index in [4.69, 9.17) is 22.1 Å². The van der Waals surface area contributed by atoms with Gasteiger partial charge < -0.3 is 15.4 Å². The van der Waals surface area contributed by atoms with Crippen molar-refractivity contribution in [3.8, 4) is 5.75 Å². The van der Waals surface area contributed by atoms with Gasteiger partial charge in [-0.1, -0.05) is 17.7 Å². The van der Waals surface area contributed by atoms with E-state index in [1.165, 1.54) is 4.90 Å². The number of aryl methyl sites for hydroxylation is 1. The predicted molar refractivity (Wildman–Crippen MR) is 75.7 cm³/mol. The van der Waals surface area contributed by atoms with Crippen molar-refractivity contribution < 1.29 is 14.3 Å². The Kier molecular flexibility index (Phi) is 4.49. The van der Waals surface area contributed by atoms with E-state index in [1.54, 1.807) is 18.2 Å². The number of carbonyl (C=O) groups is 2. The smallest absolute Gasteiger partial charge is 0.316 e. The molecule has 1 saturated heterocycles. The number of halogens is 1. The number of nitrogens with zero attached hydrogens (tertiary/aromatic N) is 1. The van der Waals surface area contributed by atoms with E-state index < -0.39 is 6.03 Å². The Balaban J connectivity index is 2.04. The summed E-state index contributed by atoms with van der Waals surface area (Å²) in [7, 11) is 0. The van der Waals surface area contributed by atoms with Crippen LogP contribution in [0.15, 0.2) is 18.2 Å². The summed E-state index contributed by atoms with van der Waals surface area (Å²) >= 11 is 5.89. The fraction of sp³-hybridized carbons (Fsp3) is 0.429. The topological polar surface area (TPSA) is 72.6 Å². The van der Waals surface area contributed by atoms with Gasteiger partial charge in [0.2, 0.25) is 0 Å². The summed E-state index contributed by atoms with van der Waals surface area (Å²) in [5, 5.41) is 0.515. The summed E-state index contributed by atoms with van der Waals surface area (Å²) in [6.07, 6.45) is 1.44. The molecule has 1 fully saturated rings. The first-order valence-corrected chi connectivity index (χ1v) is 6.87. The number of amides is 2. The number of primary amides is 1. The SMILES string of the molecule is Cc1ccc(Cl)cc1OC(=O)[C@@H]1CCCN(C(N)=O)C1. The highest BCUT2D eigenvalue weighted by atomic mass is 35.5. The predicted octanol–water partition coefficient (Wildman–Crippen LogP) is 2.34. The molecule has 0 aromatic heterocycles. The molecular formula is C14H17ClN2O3. The molecule has 2 amide bonds. The van der Waals surface area contributed by atoms with Crippen LogP contribution in [0.2, 0.25) is 5.02 Å². The second kappa shape index (κ2) is 6.13. The molecule has 1 aliphatic heterocycles. The zero-order chi connectivity index (χ0) is 14.7. The van der Waals surface area contributed by atoms with Crippen LogP contribution < -0.4 is 10.5 Å². The molecule has 0 unspecified atom stereocenters. The molecule has 0 bridgehead atoms. The molecule has 0 spiro atoms. The Morgan fingerprint density at radius 1 is 1.45 bits per heavy atom. The molecule has 2 N–H and O–H groups in total. The lowest BCUT2D eigenvalue weighted by atomic mass is 9.98. The fourth-order valence-electron chi connectivity index (χ4n) is 2.25. The van der Waals surface area contributed by atoms with E-state index in [-0.39, 0.29) is 11.9 Å². The third-order valence-corrected chi connectivity index (χ3v) is 3.66. The average molecular weight is 297 g/mol. The minimum atomic E-state index is -0.499. The summed E-state index contributed by atoms with van der Waals surface area (Å²) in [5.74, 6) is -0.227. The van der Waals surface area contributed by atoms with Crippen LogP contribution in [-0.4, -0.2) is 30.0 Å². The van der Waals surface area contributed by atoms with Crippen molar-refractivity contribution in [1.29, 1.82) is 0 Å². The number of ether oxygens (including phenoxy) is 1. The molecule has 0 aliphatic carbocycles. The largest absolute Gasteiger partial charge is 0.426 e. The van der Waals surface area contributed by atoms with Crippen LogP contribution in [0.3, 0.4) is 0 Å². The molecule has 1 atom stereocenters. The lowest BCUT2D eigenvalue weighted by molar-refractivity contribution is -0.140. The maximum atomic E-state index is 12.2. The van der Waals surface area contributed by atoms with Crippen molar-refractivity contribution >= 4 is 23.6 Å². The van der Waals surface area contributed by atoms with Crippen molar-refractivity contribution in [3.05, 3.63) is 28.8 Å². The molecule has 1 aromatic rings. The number of benzene rings is 1. The van der Waals surface area contributed by atoms with E-state index in [9.17, 15) is 9.59 Å². The quantitative estimate of drug-likeness (QED) is 0.672. The average Bonchev–Trinajstić information content (AvgIpc) is 2.43. The lowest BCUT2D eigenvalue weighted by Crippen LogP contribution is -2.45. The van der Waals surface area contributed by atoms with E-state index in [1.807, 2.05) is 6.92 Å². The van der Waals surface area contributed by atoms with Crippen molar-refractivity contribution in [2.75, 3.05) is 13.1 Å². The Morgan fingerprint density at radius 3 is 2.90 bits per heavy atom. The summed E-state index contributed by atoms with van der Waals surface area (Å²) in [6, 6.07) is 4.65. The highest BCUT2D eigenvalue weighted by Gasteiger charge is 2.29. The number of esters is 1. The first kappa shape index (κ1) is 14.7. The van der Waals surface area contributed by atoms with Gasteiger partial charge in [-0.05, 0) is 37.5 Å². The van der Waals surface area contributed by atoms with Crippen LogP contribution >= 0.6 is 11.6 Å². The Labute approximate surface area is 122 Å². The van der Waals surface area contributed by atoms with Crippen molar-refractivity contribution in [2.45, 2.75) is 19.8 Å². The van der Waals surface area contributed by atoms with E-state index >= 15 is 0 Å². The van der Waals surface area contributed by atoms with Gasteiger partial charge in [-0.25, -0.2) is 4.79 Å². The first-order valence-electron chi connectivity index (χ1n) is 6.49. The zero-order valence-electron chi connectivity index (χ0n) is 11.3. The molecule has 1 heterocycles. The van der Waals surface area contributed by atoms with Crippen molar-refractivity contribution in [1.82, 2.24) is 4.90 Å². The third-order valence-electron chi connectivity index (χ3n) is 3.43. The second-order valence-electron chi connectivity index (χ2n) is 4.95. The van der Waals surface area contributed by atoms with Crippen molar-refractivity contribution in [3.63, 3.8) is 0 Å². The van der Waals surface area contributed by atoms with Gasteiger partial charge in [-0.3, -0.25) is 4.79 Å². The molecule has 2 rings (SSSR count). The summed E-state index contributed by atoms with van der Waals surface area (Å²) in [4.78, 5) is 24.8. The maximum absolute atomic E-state index is 12.2. The van der Waals surface area contributed by atoms with E-state index in [2.05, 4.69) is 0 Å². The van der Waals surface area contributed by atoms with Gasteiger partial charge in [0.05, 0.1) is 5.92 Å². The standard InChI is InChI=1S/C14H17ClN2O3/c1-9-4-5-11(15)7-12(9)20-13(18)10-3-2-6-17(8-10)14(16)19/h4-5,7,10H,2-3,6,8H2,1H3,(H2,16,19)/t10-/m1/s1. The molecule has 0 saturated carbocycles. The van der Waals surface area contributed by atoms with Gasteiger partial charge in [0.15, 0.2) is 0 Å². The Morgan fingerprint density at radius 2 is 2.20 bits per heavy atom. The van der Waals surface area contributed by atoms with Gasteiger partial charge in [0.1, 0.15) is 5.75 Å². The van der Waals surface area contributed by atoms with Gasteiger partial charge in [0, 0.05) is 18.1 Å². The van der Waals surface area contributed by atoms with E-state index in [0.717, 1.165) is 12.0 Å². The highest BCUT2D eigenvalue weighted by molar-refractivity contribution is 6.30. The Hall–Kier alpha value is -1.75. The number of carbonyl (C=O) groups excluding carboxylic acids is 2. The number of nitrogens with two attached hydrogens (primary N) is 1. The molecule has 6 heteroatoms. The van der Waals surface area contributed by atoms with Crippen LogP contribution in [-0.2, 0) is 4.79 Å². The number of hydrogen-bond acceptors (Lipinski definition) is 3. The maximum Gasteiger partial charge on any atom is 0.316 e. The first-order chi connectivity index (χ1) is 9.47. The summed E-state index contributed by atoms with van der Waals surface area (Å²) < 4.78 is 5.39. The lowest BCUT2D eigenvalue weighted by Gasteiger charge is -2.30. The molecule has 1 aromatic carbocycles. The van der Waals surface area contributed by atoms with E-state index in [0.29, 0.717) is 30.3 Å². The second-order valence-corrected chi connectivity index (χ2v) is 5.39. The molecule has 0 radical (unpaired) electrons. The van der Waals surface area contributed by atoms with Crippen LogP contribution in [0.4, 0.5) is 4.79 Å². The van der Waals surface area contributed by atoms with Gasteiger partial charge in [-0.15, -0.1) is 0 Å². The normalized spacial score (nSPS) is 18.7. The van der Waals surface area contributed by atoms with Crippen LogP contribution in [0.1, 0.15) is 18.4 Å².